The van der Waals surface area contributed by atoms with Crippen LogP contribution < -0.4 is 5.43 Å². The molecule has 1 aromatic heterocycles. The van der Waals surface area contributed by atoms with Crippen LogP contribution in [0.15, 0.2) is 18.3 Å². The van der Waals surface area contributed by atoms with Crippen molar-refractivity contribution in [3.63, 3.8) is 0 Å². The zero-order valence-electron chi connectivity index (χ0n) is 11.0. The van der Waals surface area contributed by atoms with Gasteiger partial charge in [0.15, 0.2) is 0 Å². The molecule has 0 spiro atoms. The Bertz CT molecular complexity index is 396. The number of anilines is 1. The van der Waals surface area contributed by atoms with Crippen molar-refractivity contribution in [3.8, 4) is 0 Å². The Labute approximate surface area is 108 Å². The number of aromatic nitrogens is 1. The van der Waals surface area contributed by atoms with Crippen LogP contribution in [0.25, 0.3) is 0 Å². The number of nitrogens with zero attached hydrogens (tertiary/aromatic N) is 3. The van der Waals surface area contributed by atoms with Crippen LogP contribution in [0.2, 0.25) is 0 Å². The maximum Gasteiger partial charge on any atom is 0.254 e. The van der Waals surface area contributed by atoms with Crippen molar-refractivity contribution in [3.05, 3.63) is 23.9 Å². The van der Waals surface area contributed by atoms with Gasteiger partial charge in [-0.15, -0.1) is 0 Å². The fourth-order valence-corrected chi connectivity index (χ4v) is 2.01. The lowest BCUT2D eigenvalue weighted by atomic mass is 10.2. The topological polar surface area (TPSA) is 48.5 Å². The Balaban J connectivity index is 1.96. The molecule has 5 heteroatoms. The minimum Gasteiger partial charge on any atom is -0.345 e. The SMILES string of the molecule is CN(C)C(=O)c1ccc(NN2CCCCC2)nc1. The summed E-state index contributed by atoms with van der Waals surface area (Å²) >= 11 is 0. The Morgan fingerprint density at radius 1 is 1.28 bits per heavy atom. The van der Waals surface area contributed by atoms with E-state index < -0.39 is 0 Å². The summed E-state index contributed by atoms with van der Waals surface area (Å²) in [6.45, 7) is 2.11. The van der Waals surface area contributed by atoms with E-state index in [-0.39, 0.29) is 5.91 Å². The van der Waals surface area contributed by atoms with Crippen molar-refractivity contribution in [2.75, 3.05) is 32.6 Å². The summed E-state index contributed by atoms with van der Waals surface area (Å²) in [7, 11) is 3.48. The molecular formula is C13H20N4O. The van der Waals surface area contributed by atoms with Crippen LogP contribution in [0.3, 0.4) is 0 Å². The second-order valence-electron chi connectivity index (χ2n) is 4.79. The summed E-state index contributed by atoms with van der Waals surface area (Å²) in [6.07, 6.45) is 5.38. The Hall–Kier alpha value is -1.62. The summed E-state index contributed by atoms with van der Waals surface area (Å²) in [5, 5.41) is 2.18. The van der Waals surface area contributed by atoms with Crippen LogP contribution in [0.1, 0.15) is 29.6 Å². The minimum atomic E-state index is -0.0213. The molecule has 0 bridgehead atoms. The van der Waals surface area contributed by atoms with Crippen molar-refractivity contribution in [1.29, 1.82) is 0 Å². The molecule has 1 aromatic rings. The van der Waals surface area contributed by atoms with E-state index in [0.29, 0.717) is 5.56 Å². The van der Waals surface area contributed by atoms with E-state index in [2.05, 4.69) is 15.4 Å². The number of pyridine rings is 1. The number of carbonyl (C=O) groups excluding carboxylic acids is 1. The third-order valence-electron chi connectivity index (χ3n) is 3.05. The van der Waals surface area contributed by atoms with Crippen LogP contribution in [0.5, 0.6) is 0 Å². The number of nitrogens with one attached hydrogen (secondary N) is 1. The third-order valence-corrected chi connectivity index (χ3v) is 3.05. The van der Waals surface area contributed by atoms with E-state index >= 15 is 0 Å². The van der Waals surface area contributed by atoms with Gasteiger partial charge in [-0.3, -0.25) is 4.79 Å². The molecular weight excluding hydrogens is 228 g/mol. The minimum absolute atomic E-state index is 0.0213. The number of piperidine rings is 1. The predicted molar refractivity (Wildman–Crippen MR) is 71.3 cm³/mol. The third kappa shape index (κ3) is 3.20. The number of hydrogen-bond acceptors (Lipinski definition) is 4. The highest BCUT2D eigenvalue weighted by Gasteiger charge is 2.11. The van der Waals surface area contributed by atoms with Crippen LogP contribution in [-0.4, -0.2) is 48.0 Å². The molecule has 2 rings (SSSR count). The molecule has 0 saturated carbocycles. The molecule has 0 aliphatic carbocycles. The first kappa shape index (κ1) is 12.8. The quantitative estimate of drug-likeness (QED) is 0.882. The van der Waals surface area contributed by atoms with Gasteiger partial charge < -0.3 is 10.3 Å². The summed E-state index contributed by atoms with van der Waals surface area (Å²) in [5.74, 6) is 0.777. The molecule has 1 N–H and O–H groups in total. The molecule has 0 aromatic carbocycles. The molecule has 1 aliphatic heterocycles. The summed E-state index contributed by atoms with van der Waals surface area (Å²) in [6, 6.07) is 3.66. The smallest absolute Gasteiger partial charge is 0.254 e. The monoisotopic (exact) mass is 248 g/mol. The Morgan fingerprint density at radius 3 is 2.56 bits per heavy atom. The van der Waals surface area contributed by atoms with E-state index in [9.17, 15) is 4.79 Å². The molecule has 5 nitrogen and oxygen atoms in total. The maximum absolute atomic E-state index is 11.7. The van der Waals surface area contributed by atoms with E-state index in [0.717, 1.165) is 18.9 Å². The highest BCUT2D eigenvalue weighted by atomic mass is 16.2. The van der Waals surface area contributed by atoms with Crippen molar-refractivity contribution < 1.29 is 4.79 Å². The Kier molecular flexibility index (Phi) is 4.15. The number of carbonyl (C=O) groups is 1. The largest absolute Gasteiger partial charge is 0.345 e. The molecule has 1 amide bonds. The first-order valence-corrected chi connectivity index (χ1v) is 6.36. The van der Waals surface area contributed by atoms with Gasteiger partial charge >= 0.3 is 0 Å². The number of hydrazine groups is 1. The lowest BCUT2D eigenvalue weighted by Gasteiger charge is -2.27. The van der Waals surface area contributed by atoms with E-state index in [1.165, 1.54) is 19.3 Å². The second kappa shape index (κ2) is 5.82. The molecule has 2 heterocycles. The molecule has 0 unspecified atom stereocenters. The van der Waals surface area contributed by atoms with Crippen molar-refractivity contribution >= 4 is 11.7 Å². The van der Waals surface area contributed by atoms with Gasteiger partial charge in [-0.05, 0) is 25.0 Å². The maximum atomic E-state index is 11.7. The summed E-state index contributed by atoms with van der Waals surface area (Å²) in [4.78, 5) is 17.5. The van der Waals surface area contributed by atoms with E-state index in [1.54, 1.807) is 25.2 Å². The second-order valence-corrected chi connectivity index (χ2v) is 4.79. The van der Waals surface area contributed by atoms with Gasteiger partial charge in [-0.1, -0.05) is 6.42 Å². The predicted octanol–water partition coefficient (Wildman–Crippen LogP) is 1.60. The fraction of sp³-hybridized carbons (Fsp3) is 0.538. The van der Waals surface area contributed by atoms with Crippen LogP contribution in [0, 0.1) is 0 Å². The summed E-state index contributed by atoms with van der Waals surface area (Å²) < 4.78 is 0. The van der Waals surface area contributed by atoms with Gasteiger partial charge in [0, 0.05) is 33.4 Å². The number of hydrogen-bond donors (Lipinski definition) is 1. The van der Waals surface area contributed by atoms with E-state index in [4.69, 9.17) is 0 Å². The zero-order valence-corrected chi connectivity index (χ0v) is 11.0. The standard InChI is InChI=1S/C13H20N4O/c1-16(2)13(18)11-6-7-12(14-10-11)15-17-8-4-3-5-9-17/h6-7,10H,3-5,8-9H2,1-2H3,(H,14,15). The summed E-state index contributed by atoms with van der Waals surface area (Å²) in [5.41, 5.74) is 3.89. The molecule has 0 radical (unpaired) electrons. The van der Waals surface area contributed by atoms with Gasteiger partial charge in [-0.25, -0.2) is 9.99 Å². The highest BCUT2D eigenvalue weighted by Crippen LogP contribution is 2.12. The van der Waals surface area contributed by atoms with Crippen molar-refractivity contribution in [2.45, 2.75) is 19.3 Å². The van der Waals surface area contributed by atoms with Crippen LogP contribution >= 0.6 is 0 Å². The van der Waals surface area contributed by atoms with Gasteiger partial charge in [0.2, 0.25) is 0 Å². The average Bonchev–Trinajstić information content (AvgIpc) is 2.40. The first-order valence-electron chi connectivity index (χ1n) is 6.36. The molecule has 18 heavy (non-hydrogen) atoms. The molecule has 1 saturated heterocycles. The van der Waals surface area contributed by atoms with Crippen molar-refractivity contribution in [2.24, 2.45) is 0 Å². The van der Waals surface area contributed by atoms with E-state index in [1.807, 2.05) is 12.1 Å². The normalized spacial score (nSPS) is 16.3. The van der Waals surface area contributed by atoms with Crippen molar-refractivity contribution in [1.82, 2.24) is 14.9 Å². The number of rotatable bonds is 3. The highest BCUT2D eigenvalue weighted by molar-refractivity contribution is 5.93. The average molecular weight is 248 g/mol. The van der Waals surface area contributed by atoms with Crippen LogP contribution in [0.4, 0.5) is 5.82 Å². The number of amides is 1. The zero-order chi connectivity index (χ0) is 13.0. The Morgan fingerprint density at radius 2 is 2.00 bits per heavy atom. The molecule has 1 aliphatic rings. The van der Waals surface area contributed by atoms with Gasteiger partial charge in [0.25, 0.3) is 5.91 Å². The fourth-order valence-electron chi connectivity index (χ4n) is 2.01. The van der Waals surface area contributed by atoms with Gasteiger partial charge in [0.1, 0.15) is 5.82 Å². The van der Waals surface area contributed by atoms with Gasteiger partial charge in [-0.2, -0.15) is 0 Å². The molecule has 0 atom stereocenters. The lowest BCUT2D eigenvalue weighted by Crippen LogP contribution is -2.35. The molecule has 98 valence electrons. The lowest BCUT2D eigenvalue weighted by molar-refractivity contribution is 0.0827. The van der Waals surface area contributed by atoms with Gasteiger partial charge in [0.05, 0.1) is 5.56 Å². The first-order chi connectivity index (χ1) is 8.66. The molecule has 1 fully saturated rings. The van der Waals surface area contributed by atoms with Crippen LogP contribution in [-0.2, 0) is 0 Å².